The highest BCUT2D eigenvalue weighted by molar-refractivity contribution is 9.10. The summed E-state index contributed by atoms with van der Waals surface area (Å²) < 4.78 is 1.03. The Balaban J connectivity index is 1.79. The van der Waals surface area contributed by atoms with Gasteiger partial charge in [0, 0.05) is 4.47 Å². The molecule has 0 radical (unpaired) electrons. The molecule has 0 aliphatic heterocycles. The van der Waals surface area contributed by atoms with Crippen molar-refractivity contribution in [1.29, 1.82) is 0 Å². The molecule has 0 bridgehead atoms. The second kappa shape index (κ2) is 6.11. The molecule has 0 fully saturated rings. The zero-order chi connectivity index (χ0) is 13.9. The molecule has 0 saturated heterocycles. The van der Waals surface area contributed by atoms with Crippen LogP contribution in [0.1, 0.15) is 48.0 Å². The van der Waals surface area contributed by atoms with Gasteiger partial charge in [-0.15, -0.1) is 0 Å². The number of hydrogen-bond donors (Lipinski definition) is 1. The van der Waals surface area contributed by atoms with E-state index in [0.717, 1.165) is 16.5 Å². The Morgan fingerprint density at radius 1 is 1.15 bits per heavy atom. The number of hydrogen-bond acceptors (Lipinski definition) is 1. The van der Waals surface area contributed by atoms with Crippen molar-refractivity contribution in [3.8, 4) is 0 Å². The lowest BCUT2D eigenvalue weighted by atomic mass is 9.79. The molecule has 2 unspecified atom stereocenters. The Hall–Kier alpha value is -1.12. The number of aliphatic hydroxyl groups excluding tert-OH is 1. The van der Waals surface area contributed by atoms with Crippen molar-refractivity contribution in [2.45, 2.75) is 37.7 Å². The Morgan fingerprint density at radius 3 is 2.85 bits per heavy atom. The van der Waals surface area contributed by atoms with Gasteiger partial charge in [0.1, 0.15) is 0 Å². The van der Waals surface area contributed by atoms with Crippen LogP contribution in [-0.4, -0.2) is 5.11 Å². The van der Waals surface area contributed by atoms with E-state index < -0.39 is 0 Å². The first-order valence-electron chi connectivity index (χ1n) is 7.25. The van der Waals surface area contributed by atoms with Crippen LogP contribution in [0.2, 0.25) is 0 Å². The summed E-state index contributed by atoms with van der Waals surface area (Å²) in [6.45, 7) is 0. The summed E-state index contributed by atoms with van der Waals surface area (Å²) in [6, 6.07) is 16.7. The monoisotopic (exact) mass is 330 g/mol. The second-order valence-corrected chi connectivity index (χ2v) is 6.51. The Bertz CT molecular complexity index is 593. The topological polar surface area (TPSA) is 20.2 Å². The molecule has 1 N–H and O–H groups in total. The number of rotatable bonds is 3. The van der Waals surface area contributed by atoms with Crippen molar-refractivity contribution in [1.82, 2.24) is 0 Å². The molecule has 1 aliphatic carbocycles. The van der Waals surface area contributed by atoms with Gasteiger partial charge < -0.3 is 5.11 Å². The van der Waals surface area contributed by atoms with Crippen LogP contribution in [0.25, 0.3) is 0 Å². The van der Waals surface area contributed by atoms with E-state index in [1.54, 1.807) is 0 Å². The average molecular weight is 331 g/mol. The molecule has 0 amide bonds. The largest absolute Gasteiger partial charge is 0.388 e. The summed E-state index contributed by atoms with van der Waals surface area (Å²) in [6.07, 6.45) is 4.02. The first kappa shape index (κ1) is 13.8. The molecule has 20 heavy (non-hydrogen) atoms. The predicted molar refractivity (Wildman–Crippen MR) is 85.8 cm³/mol. The molecule has 2 heteroatoms. The minimum atomic E-state index is -0.386. The van der Waals surface area contributed by atoms with Gasteiger partial charge in [0.2, 0.25) is 0 Å². The Morgan fingerprint density at radius 2 is 2.00 bits per heavy atom. The van der Waals surface area contributed by atoms with Gasteiger partial charge in [-0.3, -0.25) is 0 Å². The molecule has 1 aliphatic rings. The number of fused-ring (bicyclic) bond motifs is 1. The fourth-order valence-corrected chi connectivity index (χ4v) is 3.64. The maximum atomic E-state index is 10.5. The minimum Gasteiger partial charge on any atom is -0.388 e. The van der Waals surface area contributed by atoms with Gasteiger partial charge in [0.05, 0.1) is 6.10 Å². The lowest BCUT2D eigenvalue weighted by Crippen LogP contribution is -2.13. The van der Waals surface area contributed by atoms with Crippen molar-refractivity contribution in [3.05, 3.63) is 69.7 Å². The van der Waals surface area contributed by atoms with E-state index in [1.165, 1.54) is 30.4 Å². The van der Waals surface area contributed by atoms with E-state index in [1.807, 2.05) is 24.3 Å². The van der Waals surface area contributed by atoms with Crippen molar-refractivity contribution >= 4 is 15.9 Å². The van der Waals surface area contributed by atoms with Gasteiger partial charge in [-0.25, -0.2) is 0 Å². The standard InChI is InChI=1S/C18H19BrO/c19-16-9-4-8-15(11-16)18(20)12-14-7-3-6-13-5-1-2-10-17(13)14/h1-2,4-5,8-11,14,18,20H,3,6-7,12H2. The highest BCUT2D eigenvalue weighted by Gasteiger charge is 2.23. The fraction of sp³-hybridized carbons (Fsp3) is 0.333. The number of aryl methyl sites for hydroxylation is 1. The highest BCUT2D eigenvalue weighted by Crippen LogP contribution is 2.37. The normalized spacial score (nSPS) is 19.4. The van der Waals surface area contributed by atoms with Crippen molar-refractivity contribution in [2.24, 2.45) is 0 Å². The molecule has 2 aromatic carbocycles. The van der Waals surface area contributed by atoms with E-state index in [9.17, 15) is 5.11 Å². The summed E-state index contributed by atoms with van der Waals surface area (Å²) in [7, 11) is 0. The predicted octanol–water partition coefficient (Wildman–Crippen LogP) is 4.99. The maximum absolute atomic E-state index is 10.5. The van der Waals surface area contributed by atoms with Crippen molar-refractivity contribution in [3.63, 3.8) is 0 Å². The summed E-state index contributed by atoms with van der Waals surface area (Å²) in [5.74, 6) is 0.480. The summed E-state index contributed by atoms with van der Waals surface area (Å²) in [5.41, 5.74) is 3.90. The first-order chi connectivity index (χ1) is 9.74. The van der Waals surface area contributed by atoms with Crippen LogP contribution >= 0.6 is 15.9 Å². The minimum absolute atomic E-state index is 0.386. The number of aliphatic hydroxyl groups is 1. The zero-order valence-electron chi connectivity index (χ0n) is 11.4. The fourth-order valence-electron chi connectivity index (χ4n) is 3.22. The second-order valence-electron chi connectivity index (χ2n) is 5.59. The van der Waals surface area contributed by atoms with E-state index >= 15 is 0 Å². The lowest BCUT2D eigenvalue weighted by molar-refractivity contribution is 0.154. The first-order valence-corrected chi connectivity index (χ1v) is 8.04. The Kier molecular flexibility index (Phi) is 4.23. The van der Waals surface area contributed by atoms with Crippen LogP contribution in [0.4, 0.5) is 0 Å². The van der Waals surface area contributed by atoms with E-state index in [0.29, 0.717) is 5.92 Å². The van der Waals surface area contributed by atoms with Gasteiger partial charge in [-0.1, -0.05) is 52.3 Å². The number of halogens is 1. The van der Waals surface area contributed by atoms with Gasteiger partial charge in [-0.05, 0) is 60.4 Å². The van der Waals surface area contributed by atoms with Gasteiger partial charge >= 0.3 is 0 Å². The smallest absolute Gasteiger partial charge is 0.0796 e. The van der Waals surface area contributed by atoms with Crippen molar-refractivity contribution in [2.75, 3.05) is 0 Å². The summed E-state index contributed by atoms with van der Waals surface area (Å²) >= 11 is 3.47. The van der Waals surface area contributed by atoms with E-state index in [2.05, 4.69) is 40.2 Å². The third-order valence-electron chi connectivity index (χ3n) is 4.23. The third kappa shape index (κ3) is 2.97. The molecule has 3 rings (SSSR count). The molecule has 0 spiro atoms. The van der Waals surface area contributed by atoms with Crippen LogP contribution < -0.4 is 0 Å². The van der Waals surface area contributed by atoms with Crippen LogP contribution in [0, 0.1) is 0 Å². The molecular weight excluding hydrogens is 312 g/mol. The van der Waals surface area contributed by atoms with Gasteiger partial charge in [0.15, 0.2) is 0 Å². The molecule has 0 saturated carbocycles. The van der Waals surface area contributed by atoms with E-state index in [4.69, 9.17) is 0 Å². The van der Waals surface area contributed by atoms with Gasteiger partial charge in [-0.2, -0.15) is 0 Å². The molecular formula is C18H19BrO. The molecule has 0 heterocycles. The van der Waals surface area contributed by atoms with Crippen LogP contribution in [-0.2, 0) is 6.42 Å². The van der Waals surface area contributed by atoms with Crippen LogP contribution in [0.15, 0.2) is 53.0 Å². The molecule has 104 valence electrons. The summed E-state index contributed by atoms with van der Waals surface area (Å²) in [5, 5.41) is 10.5. The SMILES string of the molecule is OC(CC1CCCc2ccccc21)c1cccc(Br)c1. The quantitative estimate of drug-likeness (QED) is 0.840. The maximum Gasteiger partial charge on any atom is 0.0796 e. The molecule has 0 aromatic heterocycles. The average Bonchev–Trinajstić information content (AvgIpc) is 2.47. The molecule has 1 nitrogen and oxygen atoms in total. The third-order valence-corrected chi connectivity index (χ3v) is 4.73. The van der Waals surface area contributed by atoms with Crippen molar-refractivity contribution < 1.29 is 5.11 Å². The molecule has 2 aromatic rings. The number of benzene rings is 2. The zero-order valence-corrected chi connectivity index (χ0v) is 13.0. The van der Waals surface area contributed by atoms with E-state index in [-0.39, 0.29) is 6.10 Å². The summed E-state index contributed by atoms with van der Waals surface area (Å²) in [4.78, 5) is 0. The Labute approximate surface area is 128 Å². The lowest BCUT2D eigenvalue weighted by Gasteiger charge is -2.27. The van der Waals surface area contributed by atoms with Crippen LogP contribution in [0.3, 0.4) is 0 Å². The van der Waals surface area contributed by atoms with Gasteiger partial charge in [0.25, 0.3) is 0 Å². The molecule has 2 atom stereocenters. The van der Waals surface area contributed by atoms with Crippen LogP contribution in [0.5, 0.6) is 0 Å². The highest BCUT2D eigenvalue weighted by atomic mass is 79.9.